The minimum Gasteiger partial charge on any atom is -0.316 e. The van der Waals surface area contributed by atoms with Gasteiger partial charge in [0.05, 0.1) is 0 Å². The summed E-state index contributed by atoms with van der Waals surface area (Å²) in [6.45, 7) is 3.09. The first kappa shape index (κ1) is 8.26. The summed E-state index contributed by atoms with van der Waals surface area (Å²) in [5, 5.41) is 12.1. The molecule has 1 aliphatic rings. The molecule has 5 nitrogen and oxygen atoms in total. The van der Waals surface area contributed by atoms with Crippen molar-refractivity contribution in [3.05, 3.63) is 16.7 Å². The van der Waals surface area contributed by atoms with Crippen molar-refractivity contribution >= 4 is 0 Å². The molecule has 1 fully saturated rings. The largest absolute Gasteiger partial charge is 0.316 e. The van der Waals surface area contributed by atoms with Crippen LogP contribution in [0.2, 0.25) is 0 Å². The highest BCUT2D eigenvalue weighted by Gasteiger charge is 2.14. The molecule has 0 bridgehead atoms. The second-order valence-electron chi connectivity index (χ2n) is 2.57. The van der Waals surface area contributed by atoms with E-state index in [0.717, 1.165) is 25.9 Å². The van der Waals surface area contributed by atoms with Crippen molar-refractivity contribution in [1.82, 2.24) is 5.32 Å². The molecule has 5 heteroatoms. The number of nitrogens with one attached hydrogen (secondary N) is 1. The van der Waals surface area contributed by atoms with E-state index in [1.165, 1.54) is 6.61 Å². The molecule has 11 heavy (non-hydrogen) atoms. The van der Waals surface area contributed by atoms with Gasteiger partial charge in [0.15, 0.2) is 0 Å². The molecule has 0 spiro atoms. The predicted octanol–water partition coefficient (Wildman–Crippen LogP) is 0.356. The predicted molar refractivity (Wildman–Crippen MR) is 38.0 cm³/mol. The van der Waals surface area contributed by atoms with Crippen molar-refractivity contribution in [2.45, 2.75) is 12.8 Å². The van der Waals surface area contributed by atoms with E-state index in [1.807, 2.05) is 0 Å². The molecule has 0 aromatic carbocycles. The van der Waals surface area contributed by atoms with Gasteiger partial charge in [0.25, 0.3) is 5.09 Å². The Hall–Kier alpha value is -0.840. The summed E-state index contributed by atoms with van der Waals surface area (Å²) in [6.07, 6.45) is 2.03. The van der Waals surface area contributed by atoms with Crippen LogP contribution in [0, 0.1) is 22.6 Å². The maximum absolute atomic E-state index is 9.77. The fourth-order valence-electron chi connectivity index (χ4n) is 1.13. The van der Waals surface area contributed by atoms with Crippen LogP contribution in [0.4, 0.5) is 0 Å². The van der Waals surface area contributed by atoms with Crippen LogP contribution in [0.25, 0.3) is 0 Å². The van der Waals surface area contributed by atoms with Gasteiger partial charge in [-0.3, -0.25) is 0 Å². The van der Waals surface area contributed by atoms with Crippen LogP contribution in [0.5, 0.6) is 0 Å². The van der Waals surface area contributed by atoms with Crippen molar-refractivity contribution in [1.29, 1.82) is 0 Å². The van der Waals surface area contributed by atoms with E-state index in [4.69, 9.17) is 0 Å². The SMILES string of the molecule is O=[N+]([O-])O[CH]C1CCCNC1. The zero-order valence-electron chi connectivity index (χ0n) is 6.16. The minimum atomic E-state index is -0.783. The van der Waals surface area contributed by atoms with Gasteiger partial charge in [-0.25, -0.2) is 0 Å². The van der Waals surface area contributed by atoms with Gasteiger partial charge in [-0.2, -0.15) is 0 Å². The van der Waals surface area contributed by atoms with Crippen LogP contribution >= 0.6 is 0 Å². The third-order valence-electron chi connectivity index (χ3n) is 1.67. The summed E-state index contributed by atoms with van der Waals surface area (Å²) >= 11 is 0. The standard InChI is InChI=1S/C6H11N2O3/c9-8(10)11-5-6-2-1-3-7-4-6/h5-7H,1-4H2. The first-order chi connectivity index (χ1) is 5.29. The summed E-state index contributed by atoms with van der Waals surface area (Å²) in [4.78, 5) is 13.9. The summed E-state index contributed by atoms with van der Waals surface area (Å²) in [5.74, 6) is 0.189. The number of piperidine rings is 1. The van der Waals surface area contributed by atoms with E-state index >= 15 is 0 Å². The molecule has 1 saturated heterocycles. The van der Waals surface area contributed by atoms with Gasteiger partial charge in [-0.1, -0.05) is 0 Å². The van der Waals surface area contributed by atoms with Crippen LogP contribution in [0.3, 0.4) is 0 Å². The molecule has 1 atom stereocenters. The highest BCUT2D eigenvalue weighted by molar-refractivity contribution is 4.74. The molecule has 0 aliphatic carbocycles. The third kappa shape index (κ3) is 3.18. The molecule has 0 amide bonds. The van der Waals surface area contributed by atoms with Gasteiger partial charge in [-0.15, -0.1) is 10.1 Å². The Morgan fingerprint density at radius 3 is 3.09 bits per heavy atom. The molecule has 63 valence electrons. The summed E-state index contributed by atoms with van der Waals surface area (Å²) < 4.78 is 0. The molecule has 0 aromatic rings. The topological polar surface area (TPSA) is 64.4 Å². The van der Waals surface area contributed by atoms with Crippen molar-refractivity contribution in [2.24, 2.45) is 5.92 Å². The highest BCUT2D eigenvalue weighted by atomic mass is 16.9. The Kier molecular flexibility index (Phi) is 3.10. The summed E-state index contributed by atoms with van der Waals surface area (Å²) in [6, 6.07) is 0. The lowest BCUT2D eigenvalue weighted by Gasteiger charge is -2.20. The van der Waals surface area contributed by atoms with Crippen LogP contribution < -0.4 is 5.32 Å². The van der Waals surface area contributed by atoms with Crippen LogP contribution in [-0.2, 0) is 4.84 Å². The molecule has 1 rings (SSSR count). The molecule has 0 aromatic heterocycles. The van der Waals surface area contributed by atoms with Gasteiger partial charge >= 0.3 is 0 Å². The quantitative estimate of drug-likeness (QED) is 0.477. The molecule has 0 saturated carbocycles. The number of hydrogen-bond acceptors (Lipinski definition) is 4. The lowest BCUT2D eigenvalue weighted by atomic mass is 10.0. The number of nitrogens with zero attached hydrogens (tertiary/aromatic N) is 1. The highest BCUT2D eigenvalue weighted by Crippen LogP contribution is 2.12. The second-order valence-corrected chi connectivity index (χ2v) is 2.57. The monoisotopic (exact) mass is 159 g/mol. The van der Waals surface area contributed by atoms with Gasteiger partial charge in [0.2, 0.25) is 0 Å². The van der Waals surface area contributed by atoms with Crippen molar-refractivity contribution in [2.75, 3.05) is 13.1 Å². The van der Waals surface area contributed by atoms with Gasteiger partial charge in [0.1, 0.15) is 6.61 Å². The Morgan fingerprint density at radius 2 is 2.55 bits per heavy atom. The smallest absolute Gasteiger partial charge is 0.294 e. The molecule has 1 heterocycles. The first-order valence-corrected chi connectivity index (χ1v) is 3.64. The number of hydrogen-bond donors (Lipinski definition) is 1. The molecule has 1 radical (unpaired) electrons. The summed E-state index contributed by atoms with van der Waals surface area (Å²) in [7, 11) is 0. The van der Waals surface area contributed by atoms with Crippen LogP contribution in [0.15, 0.2) is 0 Å². The van der Waals surface area contributed by atoms with E-state index in [9.17, 15) is 10.1 Å². The zero-order chi connectivity index (χ0) is 8.10. The lowest BCUT2D eigenvalue weighted by Crippen LogP contribution is -2.30. The maximum atomic E-state index is 9.77. The van der Waals surface area contributed by atoms with Gasteiger partial charge in [0, 0.05) is 12.5 Å². The third-order valence-corrected chi connectivity index (χ3v) is 1.67. The van der Waals surface area contributed by atoms with Crippen molar-refractivity contribution < 1.29 is 9.92 Å². The van der Waals surface area contributed by atoms with Crippen LogP contribution in [-0.4, -0.2) is 18.2 Å². The van der Waals surface area contributed by atoms with E-state index < -0.39 is 5.09 Å². The van der Waals surface area contributed by atoms with E-state index in [0.29, 0.717) is 0 Å². The summed E-state index contributed by atoms with van der Waals surface area (Å²) in [5.41, 5.74) is 0. The van der Waals surface area contributed by atoms with E-state index in [-0.39, 0.29) is 5.92 Å². The van der Waals surface area contributed by atoms with E-state index in [1.54, 1.807) is 0 Å². The molecular weight excluding hydrogens is 148 g/mol. The van der Waals surface area contributed by atoms with Gasteiger partial charge < -0.3 is 10.2 Å². The first-order valence-electron chi connectivity index (χ1n) is 3.64. The van der Waals surface area contributed by atoms with Crippen molar-refractivity contribution in [3.63, 3.8) is 0 Å². The van der Waals surface area contributed by atoms with Crippen LogP contribution in [0.1, 0.15) is 12.8 Å². The fraction of sp³-hybridized carbons (Fsp3) is 0.833. The molecule has 1 aliphatic heterocycles. The minimum absolute atomic E-state index is 0.189. The second kappa shape index (κ2) is 4.12. The maximum Gasteiger partial charge on any atom is 0.294 e. The Morgan fingerprint density at radius 1 is 1.73 bits per heavy atom. The molecule has 1 unspecified atom stereocenters. The normalized spacial score (nSPS) is 24.5. The average Bonchev–Trinajstić information content (AvgIpc) is 2.03. The molecular formula is C6H11N2O3. The van der Waals surface area contributed by atoms with Gasteiger partial charge in [-0.05, 0) is 19.4 Å². The van der Waals surface area contributed by atoms with Crippen molar-refractivity contribution in [3.8, 4) is 0 Å². The number of rotatable bonds is 3. The molecule has 1 N–H and O–H groups in total. The zero-order valence-corrected chi connectivity index (χ0v) is 6.16. The average molecular weight is 159 g/mol. The lowest BCUT2D eigenvalue weighted by molar-refractivity contribution is -0.747. The Bertz CT molecular complexity index is 134. The van der Waals surface area contributed by atoms with E-state index in [2.05, 4.69) is 10.2 Å². The Labute approximate surface area is 64.8 Å². The fourth-order valence-corrected chi connectivity index (χ4v) is 1.13. The Balaban J connectivity index is 2.09.